The van der Waals surface area contributed by atoms with Crippen LogP contribution in [0.1, 0.15) is 26.4 Å². The molecule has 0 radical (unpaired) electrons. The highest BCUT2D eigenvalue weighted by Gasteiger charge is 2.19. The van der Waals surface area contributed by atoms with E-state index < -0.39 is 10.0 Å². The molecule has 0 unspecified atom stereocenters. The number of carbonyl (C=O) groups is 1. The van der Waals surface area contributed by atoms with E-state index in [1.165, 1.54) is 12.1 Å². The fourth-order valence-electron chi connectivity index (χ4n) is 2.59. The second-order valence-electron chi connectivity index (χ2n) is 6.08. The number of sulfonamides is 1. The summed E-state index contributed by atoms with van der Waals surface area (Å²) in [6, 6.07) is 11.5. The normalized spacial score (nSPS) is 11.4. The first kappa shape index (κ1) is 19.0. The summed E-state index contributed by atoms with van der Waals surface area (Å²) in [5.74, 6) is -0.0336. The monoisotopic (exact) mass is 402 g/mol. The van der Waals surface area contributed by atoms with Gasteiger partial charge in [0.15, 0.2) is 5.13 Å². The number of hydrogen-bond acceptors (Lipinski definition) is 7. The van der Waals surface area contributed by atoms with Crippen molar-refractivity contribution in [3.63, 3.8) is 0 Å². The molecule has 3 rings (SSSR count). The first-order valence-electron chi connectivity index (χ1n) is 7.93. The average Bonchev–Trinajstić information content (AvgIpc) is 2.94. The molecular weight excluding hydrogens is 384 g/mol. The van der Waals surface area contributed by atoms with Gasteiger partial charge >= 0.3 is 0 Å². The molecule has 2 aromatic carbocycles. The molecule has 0 saturated heterocycles. The predicted molar refractivity (Wildman–Crippen MR) is 107 cm³/mol. The minimum absolute atomic E-state index is 0.0115. The van der Waals surface area contributed by atoms with Crippen molar-refractivity contribution in [1.82, 2.24) is 4.98 Å². The number of rotatable bonds is 5. The van der Waals surface area contributed by atoms with Gasteiger partial charge in [-0.25, -0.2) is 18.5 Å². The van der Waals surface area contributed by atoms with E-state index in [0.717, 1.165) is 22.5 Å². The van der Waals surface area contributed by atoms with Crippen LogP contribution in [0.4, 0.5) is 16.6 Å². The molecule has 3 aromatic rings. The number of nitrogens with one attached hydrogen (secondary N) is 1. The standard InChI is InChI=1S/C18H18N4O3S2/c1-10-3-8-14(11(2)9-10)15(23)16-17(19)22-18(26-16)21-12-4-6-13(7-5-12)27(20,24)25/h3-9H,19H2,1-2H3,(H,21,22)(H2,20,24,25). The van der Waals surface area contributed by atoms with Crippen LogP contribution in [0.3, 0.4) is 0 Å². The van der Waals surface area contributed by atoms with Crippen molar-refractivity contribution in [2.45, 2.75) is 18.7 Å². The highest BCUT2D eigenvalue weighted by molar-refractivity contribution is 7.89. The van der Waals surface area contributed by atoms with Crippen molar-refractivity contribution in [1.29, 1.82) is 0 Å². The number of anilines is 3. The predicted octanol–water partition coefficient (Wildman–Crippen LogP) is 2.96. The van der Waals surface area contributed by atoms with Gasteiger partial charge in [0.25, 0.3) is 0 Å². The number of aryl methyl sites for hydroxylation is 2. The van der Waals surface area contributed by atoms with Gasteiger partial charge in [-0.1, -0.05) is 35.1 Å². The summed E-state index contributed by atoms with van der Waals surface area (Å²) in [6.07, 6.45) is 0. The Morgan fingerprint density at radius 2 is 1.78 bits per heavy atom. The van der Waals surface area contributed by atoms with Crippen molar-refractivity contribution in [2.24, 2.45) is 5.14 Å². The largest absolute Gasteiger partial charge is 0.382 e. The Kier molecular flexibility index (Phi) is 5.01. The molecule has 0 aliphatic rings. The van der Waals surface area contributed by atoms with Crippen LogP contribution in [-0.2, 0) is 10.0 Å². The lowest BCUT2D eigenvalue weighted by atomic mass is 10.0. The van der Waals surface area contributed by atoms with Crippen LogP contribution < -0.4 is 16.2 Å². The van der Waals surface area contributed by atoms with Gasteiger partial charge in [-0.05, 0) is 43.7 Å². The van der Waals surface area contributed by atoms with E-state index >= 15 is 0 Å². The van der Waals surface area contributed by atoms with Crippen LogP contribution in [0.25, 0.3) is 0 Å². The molecule has 1 aromatic heterocycles. The number of nitrogens with zero attached hydrogens (tertiary/aromatic N) is 1. The van der Waals surface area contributed by atoms with E-state index in [1.54, 1.807) is 18.2 Å². The summed E-state index contributed by atoms with van der Waals surface area (Å²) in [5.41, 5.74) is 9.07. The maximum absolute atomic E-state index is 12.8. The SMILES string of the molecule is Cc1ccc(C(=O)c2sc(Nc3ccc(S(N)(=O)=O)cc3)nc2N)c(C)c1. The summed E-state index contributed by atoms with van der Waals surface area (Å²) < 4.78 is 22.6. The van der Waals surface area contributed by atoms with Gasteiger partial charge in [0.2, 0.25) is 15.8 Å². The highest BCUT2D eigenvalue weighted by atomic mass is 32.2. The quantitative estimate of drug-likeness (QED) is 0.563. The molecule has 0 spiro atoms. The summed E-state index contributed by atoms with van der Waals surface area (Å²) in [6.45, 7) is 3.84. The minimum Gasteiger partial charge on any atom is -0.382 e. The number of aromatic nitrogens is 1. The molecule has 5 N–H and O–H groups in total. The van der Waals surface area contributed by atoms with E-state index in [2.05, 4.69) is 10.3 Å². The molecule has 0 fully saturated rings. The molecule has 0 bridgehead atoms. The van der Waals surface area contributed by atoms with Crippen molar-refractivity contribution in [3.05, 3.63) is 64.0 Å². The van der Waals surface area contributed by atoms with E-state index in [-0.39, 0.29) is 16.5 Å². The molecule has 1 heterocycles. The Bertz CT molecular complexity index is 1120. The zero-order valence-electron chi connectivity index (χ0n) is 14.7. The molecule has 0 atom stereocenters. The van der Waals surface area contributed by atoms with Crippen LogP contribution in [-0.4, -0.2) is 19.2 Å². The molecular formula is C18H18N4O3S2. The Morgan fingerprint density at radius 3 is 2.37 bits per heavy atom. The molecule has 0 amide bonds. The zero-order chi connectivity index (χ0) is 19.8. The molecule has 7 nitrogen and oxygen atoms in total. The van der Waals surface area contributed by atoms with E-state index in [0.29, 0.717) is 21.3 Å². The Balaban J connectivity index is 1.85. The number of primary sulfonamides is 1. The van der Waals surface area contributed by atoms with Crippen molar-refractivity contribution in [2.75, 3.05) is 11.1 Å². The second-order valence-corrected chi connectivity index (χ2v) is 8.64. The smallest absolute Gasteiger partial charge is 0.238 e. The minimum atomic E-state index is -3.75. The van der Waals surface area contributed by atoms with Crippen LogP contribution in [0.15, 0.2) is 47.4 Å². The van der Waals surface area contributed by atoms with Gasteiger partial charge in [0.1, 0.15) is 10.7 Å². The summed E-state index contributed by atoms with van der Waals surface area (Å²) >= 11 is 1.14. The van der Waals surface area contributed by atoms with Gasteiger partial charge in [-0.15, -0.1) is 0 Å². The van der Waals surface area contributed by atoms with Crippen LogP contribution in [0.5, 0.6) is 0 Å². The molecule has 0 saturated carbocycles. The maximum atomic E-state index is 12.8. The van der Waals surface area contributed by atoms with Gasteiger partial charge < -0.3 is 11.1 Å². The fourth-order valence-corrected chi connectivity index (χ4v) is 3.96. The molecule has 27 heavy (non-hydrogen) atoms. The summed E-state index contributed by atoms with van der Waals surface area (Å²) in [4.78, 5) is 17.4. The highest BCUT2D eigenvalue weighted by Crippen LogP contribution is 2.30. The zero-order valence-corrected chi connectivity index (χ0v) is 16.3. The first-order chi connectivity index (χ1) is 12.6. The lowest BCUT2D eigenvalue weighted by Gasteiger charge is -2.05. The van der Waals surface area contributed by atoms with Gasteiger partial charge in [0, 0.05) is 11.3 Å². The summed E-state index contributed by atoms with van der Waals surface area (Å²) in [5, 5.41) is 8.53. The first-order valence-corrected chi connectivity index (χ1v) is 10.3. The van der Waals surface area contributed by atoms with Crippen LogP contribution in [0, 0.1) is 13.8 Å². The average molecular weight is 403 g/mol. The van der Waals surface area contributed by atoms with Crippen molar-refractivity contribution >= 4 is 43.8 Å². The fraction of sp³-hybridized carbons (Fsp3) is 0.111. The number of ketones is 1. The third-order valence-electron chi connectivity index (χ3n) is 3.92. The molecule has 9 heteroatoms. The number of hydrogen-bond donors (Lipinski definition) is 3. The van der Waals surface area contributed by atoms with E-state index in [9.17, 15) is 13.2 Å². The number of carbonyl (C=O) groups excluding carboxylic acids is 1. The van der Waals surface area contributed by atoms with Gasteiger partial charge in [-0.2, -0.15) is 0 Å². The third-order valence-corrected chi connectivity index (χ3v) is 5.83. The third kappa shape index (κ3) is 4.16. The Morgan fingerprint density at radius 1 is 1.11 bits per heavy atom. The molecule has 0 aliphatic heterocycles. The molecule has 140 valence electrons. The van der Waals surface area contributed by atoms with Crippen LogP contribution in [0.2, 0.25) is 0 Å². The lowest BCUT2D eigenvalue weighted by molar-refractivity contribution is 0.104. The summed E-state index contributed by atoms with van der Waals surface area (Å²) in [7, 11) is -3.75. The number of thiazole rings is 1. The number of nitrogen functional groups attached to an aromatic ring is 1. The lowest BCUT2D eigenvalue weighted by Crippen LogP contribution is -2.11. The molecule has 0 aliphatic carbocycles. The van der Waals surface area contributed by atoms with Crippen molar-refractivity contribution in [3.8, 4) is 0 Å². The van der Waals surface area contributed by atoms with E-state index in [1.807, 2.05) is 26.0 Å². The topological polar surface area (TPSA) is 128 Å². The number of benzene rings is 2. The maximum Gasteiger partial charge on any atom is 0.238 e. The van der Waals surface area contributed by atoms with Gasteiger partial charge in [0.05, 0.1) is 4.90 Å². The Labute approximate surface area is 161 Å². The second kappa shape index (κ2) is 7.10. The Hall–Kier alpha value is -2.75. The van der Waals surface area contributed by atoms with Crippen molar-refractivity contribution < 1.29 is 13.2 Å². The van der Waals surface area contributed by atoms with Crippen LogP contribution >= 0.6 is 11.3 Å². The van der Waals surface area contributed by atoms with Gasteiger partial charge in [-0.3, -0.25) is 4.79 Å². The van der Waals surface area contributed by atoms with E-state index in [4.69, 9.17) is 10.9 Å². The number of nitrogens with two attached hydrogens (primary N) is 2.